The number of nitrogen functional groups attached to an aromatic ring is 1. The molecule has 0 aromatic carbocycles. The summed E-state index contributed by atoms with van der Waals surface area (Å²) >= 11 is 1.30. The molecule has 0 unspecified atom stereocenters. The van der Waals surface area contributed by atoms with Gasteiger partial charge in [0.2, 0.25) is 0 Å². The molecule has 0 aliphatic heterocycles. The lowest BCUT2D eigenvalue weighted by molar-refractivity contribution is 0.660. The van der Waals surface area contributed by atoms with Crippen LogP contribution in [0.5, 0.6) is 0 Å². The Kier molecular flexibility index (Phi) is 2.95. The minimum atomic E-state index is -0.214. The van der Waals surface area contributed by atoms with Crippen molar-refractivity contribution < 1.29 is 0 Å². The van der Waals surface area contributed by atoms with E-state index in [1.165, 1.54) is 16.3 Å². The first kappa shape index (κ1) is 10.7. The highest BCUT2D eigenvalue weighted by Gasteiger charge is 2.08. The molecule has 6 nitrogen and oxygen atoms in total. The van der Waals surface area contributed by atoms with Crippen molar-refractivity contribution in [1.29, 1.82) is 0 Å². The lowest BCUT2D eigenvalue weighted by Gasteiger charge is -2.01. The SMILES string of the molecule is CCn1c(Sc2cccc(N)n2)n[nH]c1=O. The van der Waals surface area contributed by atoms with E-state index >= 15 is 0 Å². The van der Waals surface area contributed by atoms with Crippen molar-refractivity contribution in [2.75, 3.05) is 5.73 Å². The van der Waals surface area contributed by atoms with Gasteiger partial charge in [0.05, 0.1) is 0 Å². The number of anilines is 1. The minimum Gasteiger partial charge on any atom is -0.384 e. The lowest BCUT2D eigenvalue weighted by Crippen LogP contribution is -2.16. The molecule has 84 valence electrons. The quantitative estimate of drug-likeness (QED) is 0.821. The topological polar surface area (TPSA) is 89.6 Å². The van der Waals surface area contributed by atoms with Crippen LogP contribution in [0.2, 0.25) is 0 Å². The fourth-order valence-corrected chi connectivity index (χ4v) is 2.14. The Morgan fingerprint density at radius 3 is 3.06 bits per heavy atom. The smallest absolute Gasteiger partial charge is 0.343 e. The van der Waals surface area contributed by atoms with E-state index in [1.54, 1.807) is 6.07 Å². The summed E-state index contributed by atoms with van der Waals surface area (Å²) in [6.07, 6.45) is 0. The van der Waals surface area contributed by atoms with Crippen molar-refractivity contribution in [2.45, 2.75) is 23.7 Å². The Morgan fingerprint density at radius 2 is 2.38 bits per heavy atom. The largest absolute Gasteiger partial charge is 0.384 e. The molecule has 2 aromatic heterocycles. The Labute approximate surface area is 95.9 Å². The van der Waals surface area contributed by atoms with Gasteiger partial charge in [0.1, 0.15) is 10.8 Å². The summed E-state index contributed by atoms with van der Waals surface area (Å²) in [6.45, 7) is 2.45. The van der Waals surface area contributed by atoms with Gasteiger partial charge in [-0.05, 0) is 30.8 Å². The average molecular weight is 237 g/mol. The number of nitrogens with zero attached hydrogens (tertiary/aromatic N) is 3. The highest BCUT2D eigenvalue weighted by molar-refractivity contribution is 7.99. The van der Waals surface area contributed by atoms with Gasteiger partial charge in [-0.2, -0.15) is 0 Å². The second-order valence-electron chi connectivity index (χ2n) is 3.06. The third-order valence-electron chi connectivity index (χ3n) is 1.98. The standard InChI is InChI=1S/C9H11N5OS/c1-2-14-8(15)12-13-9(14)16-7-5-3-4-6(10)11-7/h3-5H,2H2,1H3,(H2,10,11)(H,12,15). The molecule has 0 atom stereocenters. The van der Waals surface area contributed by atoms with Crippen molar-refractivity contribution >= 4 is 17.6 Å². The maximum Gasteiger partial charge on any atom is 0.343 e. The van der Waals surface area contributed by atoms with Crippen molar-refractivity contribution in [3.8, 4) is 0 Å². The minimum absolute atomic E-state index is 0.214. The summed E-state index contributed by atoms with van der Waals surface area (Å²) in [5.41, 5.74) is 5.35. The number of nitrogens with one attached hydrogen (secondary N) is 1. The number of rotatable bonds is 3. The molecule has 16 heavy (non-hydrogen) atoms. The van der Waals surface area contributed by atoms with E-state index in [-0.39, 0.29) is 5.69 Å². The lowest BCUT2D eigenvalue weighted by atomic mass is 10.5. The summed E-state index contributed by atoms with van der Waals surface area (Å²) in [7, 11) is 0. The van der Waals surface area contributed by atoms with Crippen LogP contribution in [0.25, 0.3) is 0 Å². The summed E-state index contributed by atoms with van der Waals surface area (Å²) in [6, 6.07) is 5.34. The van der Waals surface area contributed by atoms with Gasteiger partial charge in [-0.15, -0.1) is 5.10 Å². The number of hydrogen-bond donors (Lipinski definition) is 2. The monoisotopic (exact) mass is 237 g/mol. The highest BCUT2D eigenvalue weighted by Crippen LogP contribution is 2.23. The van der Waals surface area contributed by atoms with Crippen LogP contribution in [-0.4, -0.2) is 19.7 Å². The van der Waals surface area contributed by atoms with Crippen molar-refractivity contribution in [2.24, 2.45) is 0 Å². The van der Waals surface area contributed by atoms with E-state index in [0.29, 0.717) is 22.5 Å². The molecule has 7 heteroatoms. The Balaban J connectivity index is 2.30. The van der Waals surface area contributed by atoms with E-state index in [4.69, 9.17) is 5.73 Å². The first-order chi connectivity index (χ1) is 7.70. The number of H-pyrrole nitrogens is 1. The molecule has 0 fully saturated rings. The molecule has 0 radical (unpaired) electrons. The van der Waals surface area contributed by atoms with Gasteiger partial charge in [0.25, 0.3) is 0 Å². The van der Waals surface area contributed by atoms with E-state index in [9.17, 15) is 4.79 Å². The zero-order valence-corrected chi connectivity index (χ0v) is 9.49. The normalized spacial score (nSPS) is 10.6. The summed E-state index contributed by atoms with van der Waals surface area (Å²) in [5, 5.41) is 7.62. The van der Waals surface area contributed by atoms with Crippen LogP contribution in [-0.2, 0) is 6.54 Å². The molecule has 2 rings (SSSR count). The van der Waals surface area contributed by atoms with Gasteiger partial charge in [-0.25, -0.2) is 14.9 Å². The van der Waals surface area contributed by atoms with Gasteiger partial charge in [-0.1, -0.05) is 6.07 Å². The third kappa shape index (κ3) is 2.08. The molecule has 3 N–H and O–H groups in total. The fourth-order valence-electron chi connectivity index (χ4n) is 1.24. The molecule has 2 heterocycles. The average Bonchev–Trinajstić information content (AvgIpc) is 2.59. The molecular weight excluding hydrogens is 226 g/mol. The predicted octanol–water partition coefficient (Wildman–Crippen LogP) is 0.720. The van der Waals surface area contributed by atoms with Crippen molar-refractivity contribution in [3.05, 3.63) is 28.7 Å². The van der Waals surface area contributed by atoms with E-state index in [2.05, 4.69) is 15.2 Å². The molecule has 0 aliphatic rings. The number of aromatic amines is 1. The Bertz CT molecular complexity index is 547. The first-order valence-corrected chi connectivity index (χ1v) is 5.58. The number of pyridine rings is 1. The van der Waals surface area contributed by atoms with Crippen LogP contribution in [0, 0.1) is 0 Å². The van der Waals surface area contributed by atoms with Crippen LogP contribution < -0.4 is 11.4 Å². The van der Waals surface area contributed by atoms with Gasteiger partial charge in [-0.3, -0.25) is 4.57 Å². The zero-order valence-electron chi connectivity index (χ0n) is 8.67. The molecule has 2 aromatic rings. The van der Waals surface area contributed by atoms with Crippen molar-refractivity contribution in [3.63, 3.8) is 0 Å². The van der Waals surface area contributed by atoms with E-state index in [1.807, 2.05) is 19.1 Å². The molecule has 0 bridgehead atoms. The van der Waals surface area contributed by atoms with Gasteiger partial charge in [0, 0.05) is 6.54 Å². The maximum absolute atomic E-state index is 11.3. The second-order valence-corrected chi connectivity index (χ2v) is 4.05. The first-order valence-electron chi connectivity index (χ1n) is 4.76. The van der Waals surface area contributed by atoms with Gasteiger partial charge in [0.15, 0.2) is 5.16 Å². The summed E-state index contributed by atoms with van der Waals surface area (Å²) in [4.78, 5) is 15.4. The number of hydrogen-bond acceptors (Lipinski definition) is 5. The van der Waals surface area contributed by atoms with E-state index in [0.717, 1.165) is 0 Å². The van der Waals surface area contributed by atoms with Gasteiger partial charge < -0.3 is 5.73 Å². The predicted molar refractivity (Wildman–Crippen MR) is 61.3 cm³/mol. The maximum atomic E-state index is 11.3. The van der Waals surface area contributed by atoms with Crippen LogP contribution >= 0.6 is 11.8 Å². The molecule has 0 saturated heterocycles. The molecular formula is C9H11N5OS. The Hall–Kier alpha value is -1.76. The van der Waals surface area contributed by atoms with Crippen LogP contribution in [0.3, 0.4) is 0 Å². The van der Waals surface area contributed by atoms with Crippen LogP contribution in [0.15, 0.2) is 33.2 Å². The Morgan fingerprint density at radius 1 is 1.56 bits per heavy atom. The zero-order chi connectivity index (χ0) is 11.5. The number of nitrogens with two attached hydrogens (primary N) is 1. The second kappa shape index (κ2) is 4.40. The fraction of sp³-hybridized carbons (Fsp3) is 0.222. The molecule has 0 aliphatic carbocycles. The molecule has 0 spiro atoms. The third-order valence-corrected chi connectivity index (χ3v) is 2.91. The number of aromatic nitrogens is 4. The van der Waals surface area contributed by atoms with Crippen LogP contribution in [0.4, 0.5) is 5.82 Å². The summed E-state index contributed by atoms with van der Waals surface area (Å²) in [5.74, 6) is 0.450. The summed E-state index contributed by atoms with van der Waals surface area (Å²) < 4.78 is 1.54. The highest BCUT2D eigenvalue weighted by atomic mass is 32.2. The molecule has 0 saturated carbocycles. The van der Waals surface area contributed by atoms with Crippen LogP contribution in [0.1, 0.15) is 6.92 Å². The van der Waals surface area contributed by atoms with Gasteiger partial charge >= 0.3 is 5.69 Å². The van der Waals surface area contributed by atoms with E-state index < -0.39 is 0 Å². The molecule has 0 amide bonds. The van der Waals surface area contributed by atoms with Crippen molar-refractivity contribution in [1.82, 2.24) is 19.7 Å².